The Morgan fingerprint density at radius 1 is 1.40 bits per heavy atom. The Bertz CT molecular complexity index is 494. The van der Waals surface area contributed by atoms with Gasteiger partial charge in [-0.3, -0.25) is 0 Å². The van der Waals surface area contributed by atoms with E-state index < -0.39 is 11.1 Å². The number of halogens is 1. The summed E-state index contributed by atoms with van der Waals surface area (Å²) < 4.78 is 29.8. The Morgan fingerprint density at radius 3 is 2.80 bits per heavy atom. The van der Waals surface area contributed by atoms with Crippen LogP contribution in [-0.4, -0.2) is 48.8 Å². The van der Waals surface area contributed by atoms with Gasteiger partial charge in [-0.2, -0.15) is 0 Å². The summed E-state index contributed by atoms with van der Waals surface area (Å²) in [6.45, 7) is 3.55. The van der Waals surface area contributed by atoms with E-state index in [-0.39, 0.29) is 10.6 Å². The van der Waals surface area contributed by atoms with Gasteiger partial charge in [-0.05, 0) is 0 Å². The second-order valence-electron chi connectivity index (χ2n) is 4.21. The van der Waals surface area contributed by atoms with E-state index in [2.05, 4.69) is 10.1 Å². The van der Waals surface area contributed by atoms with Crippen molar-refractivity contribution in [3.05, 3.63) is 23.1 Å². The molecule has 1 atom stereocenters. The zero-order valence-electron chi connectivity index (χ0n) is 10.8. The van der Waals surface area contributed by atoms with Gasteiger partial charge in [-0.1, -0.05) is 0 Å². The Hall–Kier alpha value is -0.580. The summed E-state index contributed by atoms with van der Waals surface area (Å²) in [5.74, 6) is 0.332. The molecule has 1 aromatic carbocycles. The first-order valence-corrected chi connectivity index (χ1v) is 10.3. The van der Waals surface area contributed by atoms with E-state index in [0.29, 0.717) is 33.6 Å². The molecular formula is C12H15IN2O4S-2. The molecule has 0 amide bonds. The molecule has 0 spiro atoms. The summed E-state index contributed by atoms with van der Waals surface area (Å²) >= 11 is -1.96. The van der Waals surface area contributed by atoms with Crippen LogP contribution < -0.4 is 25.9 Å². The number of benzene rings is 1. The summed E-state index contributed by atoms with van der Waals surface area (Å²) in [5.41, 5.74) is 0.0243. The van der Waals surface area contributed by atoms with Crippen molar-refractivity contribution >= 4 is 16.8 Å². The van der Waals surface area contributed by atoms with E-state index in [1.54, 1.807) is 0 Å². The number of hydrogen-bond acceptors (Lipinski definition) is 6. The monoisotopic (exact) mass is 410 g/mol. The molecule has 0 N–H and O–H groups in total. The maximum absolute atomic E-state index is 10.8. The molecule has 0 bridgehead atoms. The van der Waals surface area contributed by atoms with Crippen LogP contribution in [0.1, 0.15) is 0 Å². The molecule has 1 fully saturated rings. The van der Waals surface area contributed by atoms with Crippen LogP contribution in [0.15, 0.2) is 28.3 Å². The molecular weight excluding hydrogens is 395 g/mol. The number of alkyl halides is 2. The van der Waals surface area contributed by atoms with Gasteiger partial charge in [0.1, 0.15) is 0 Å². The van der Waals surface area contributed by atoms with Crippen LogP contribution in [0.4, 0.5) is 5.69 Å². The SMILES string of the molecule is O=Nc1cc(S(=O)[O-])ccc1OCCN1CC[I-]CC1. The molecule has 1 unspecified atom stereocenters. The normalized spacial score (nSPS) is 18.1. The molecule has 0 saturated carbocycles. The van der Waals surface area contributed by atoms with Gasteiger partial charge in [-0.25, -0.2) is 0 Å². The molecule has 1 saturated heterocycles. The summed E-state index contributed by atoms with van der Waals surface area (Å²) in [7, 11) is 0. The average molecular weight is 410 g/mol. The second-order valence-corrected chi connectivity index (χ2v) is 8.39. The molecule has 0 radical (unpaired) electrons. The molecule has 0 aromatic heterocycles. The maximum atomic E-state index is 10.8. The first kappa shape index (κ1) is 15.8. The van der Waals surface area contributed by atoms with E-state index in [1.165, 1.54) is 27.1 Å². The predicted octanol–water partition coefficient (Wildman–Crippen LogP) is -1.89. The molecule has 6 nitrogen and oxygen atoms in total. The van der Waals surface area contributed by atoms with Gasteiger partial charge < -0.3 is 0 Å². The van der Waals surface area contributed by atoms with Gasteiger partial charge in [0, 0.05) is 0 Å². The van der Waals surface area contributed by atoms with Gasteiger partial charge in [0.15, 0.2) is 0 Å². The van der Waals surface area contributed by atoms with Crippen LogP contribution in [-0.2, 0) is 11.1 Å². The van der Waals surface area contributed by atoms with Gasteiger partial charge in [-0.15, -0.1) is 0 Å². The fourth-order valence-corrected chi connectivity index (χ4v) is 4.84. The van der Waals surface area contributed by atoms with Crippen molar-refractivity contribution in [1.29, 1.82) is 0 Å². The van der Waals surface area contributed by atoms with E-state index in [0.717, 1.165) is 19.6 Å². The van der Waals surface area contributed by atoms with Gasteiger partial charge in [0.05, 0.1) is 0 Å². The molecule has 1 aromatic rings. The number of rotatable bonds is 6. The predicted molar refractivity (Wildman–Crippen MR) is 70.8 cm³/mol. The second kappa shape index (κ2) is 8.01. The Morgan fingerprint density at radius 2 is 2.15 bits per heavy atom. The number of nitrogens with zero attached hydrogens (tertiary/aromatic N) is 2. The average Bonchev–Trinajstić information content (AvgIpc) is 2.48. The molecule has 2 rings (SSSR count). The van der Waals surface area contributed by atoms with Crippen molar-refractivity contribution in [2.24, 2.45) is 5.18 Å². The first-order valence-electron chi connectivity index (χ1n) is 6.16. The Balaban J connectivity index is 1.91. The zero-order chi connectivity index (χ0) is 14.4. The van der Waals surface area contributed by atoms with Crippen molar-refractivity contribution in [1.82, 2.24) is 4.90 Å². The molecule has 8 heteroatoms. The van der Waals surface area contributed by atoms with Crippen LogP contribution in [0.5, 0.6) is 5.75 Å². The standard InChI is InChI=1S/C12H16IN2O4S/c16-14-11-9-10(20(17)18)1-2-12(11)19-8-7-15-5-3-13-4-6-15/h1-2,9H,3-8H2,(H,17,18)/q-1/p-1. The summed E-state index contributed by atoms with van der Waals surface area (Å²) in [6.07, 6.45) is 0. The van der Waals surface area contributed by atoms with E-state index in [1.807, 2.05) is 0 Å². The van der Waals surface area contributed by atoms with Crippen molar-refractivity contribution in [2.45, 2.75) is 4.90 Å². The fraction of sp³-hybridized carbons (Fsp3) is 0.500. The molecule has 1 aliphatic rings. The molecule has 1 heterocycles. The zero-order valence-corrected chi connectivity index (χ0v) is 13.8. The quantitative estimate of drug-likeness (QED) is 0.237. The third-order valence-corrected chi connectivity index (χ3v) is 6.08. The van der Waals surface area contributed by atoms with Gasteiger partial charge >= 0.3 is 130 Å². The number of ether oxygens (including phenoxy) is 1. The van der Waals surface area contributed by atoms with E-state index in [4.69, 9.17) is 4.74 Å². The number of nitroso groups, excluding NO2 is 1. The van der Waals surface area contributed by atoms with Crippen LogP contribution in [0.2, 0.25) is 0 Å². The van der Waals surface area contributed by atoms with Crippen molar-refractivity contribution in [3.8, 4) is 5.75 Å². The minimum absolute atomic E-state index is 0.0243. The van der Waals surface area contributed by atoms with Gasteiger partial charge in [0.2, 0.25) is 0 Å². The Kier molecular flexibility index (Phi) is 6.33. The third kappa shape index (κ3) is 4.47. The molecule has 20 heavy (non-hydrogen) atoms. The van der Waals surface area contributed by atoms with Crippen molar-refractivity contribution in [2.75, 3.05) is 35.1 Å². The van der Waals surface area contributed by atoms with E-state index in [9.17, 15) is 13.7 Å². The fourth-order valence-electron chi connectivity index (χ4n) is 1.87. The molecule has 0 aliphatic carbocycles. The van der Waals surface area contributed by atoms with Crippen LogP contribution in [0.25, 0.3) is 0 Å². The molecule has 1 aliphatic heterocycles. The first-order chi connectivity index (χ1) is 9.70. The van der Waals surface area contributed by atoms with Crippen LogP contribution >= 0.6 is 0 Å². The van der Waals surface area contributed by atoms with Crippen molar-refractivity contribution < 1.29 is 34.7 Å². The van der Waals surface area contributed by atoms with Gasteiger partial charge in [0.25, 0.3) is 0 Å². The summed E-state index contributed by atoms with van der Waals surface area (Å²) in [6, 6.07) is 4.10. The topological polar surface area (TPSA) is 82.0 Å². The Labute approximate surface area is 130 Å². The van der Waals surface area contributed by atoms with E-state index >= 15 is 0 Å². The molecule has 112 valence electrons. The van der Waals surface area contributed by atoms with Crippen LogP contribution in [0, 0.1) is 4.91 Å². The third-order valence-electron chi connectivity index (χ3n) is 2.96. The summed E-state index contributed by atoms with van der Waals surface area (Å²) in [5, 5.41) is 2.82. The van der Waals surface area contributed by atoms with Crippen molar-refractivity contribution in [3.63, 3.8) is 0 Å². The number of hydrogen-bond donors (Lipinski definition) is 0. The van der Waals surface area contributed by atoms with Crippen LogP contribution in [0.3, 0.4) is 0 Å². The minimum atomic E-state index is -2.37. The summed E-state index contributed by atoms with van der Waals surface area (Å²) in [4.78, 5) is 13.1.